The van der Waals surface area contributed by atoms with Crippen LogP contribution in [0.5, 0.6) is 5.75 Å². The van der Waals surface area contributed by atoms with E-state index in [0.717, 1.165) is 5.76 Å². The fraction of sp³-hybridized carbons (Fsp3) is 0.154. The lowest BCUT2D eigenvalue weighted by molar-refractivity contribution is 0.101. The Morgan fingerprint density at radius 3 is 2.88 bits per heavy atom. The Morgan fingerprint density at radius 1 is 1.41 bits per heavy atom. The molecule has 0 saturated heterocycles. The third kappa shape index (κ3) is 2.66. The van der Waals surface area contributed by atoms with Gasteiger partial charge < -0.3 is 14.9 Å². The number of carbonyl (C=O) groups excluding carboxylic acids is 1. The molecule has 88 valence electrons. The Bertz CT molecular complexity index is 517. The molecule has 0 fully saturated rings. The molecule has 0 bridgehead atoms. The largest absolute Gasteiger partial charge is 0.486 e. The van der Waals surface area contributed by atoms with Crippen molar-refractivity contribution in [3.63, 3.8) is 0 Å². The average molecular weight is 231 g/mol. The first kappa shape index (κ1) is 11.3. The van der Waals surface area contributed by atoms with Crippen molar-refractivity contribution in [3.05, 3.63) is 47.9 Å². The molecule has 2 aromatic rings. The van der Waals surface area contributed by atoms with Gasteiger partial charge >= 0.3 is 0 Å². The number of furan rings is 1. The summed E-state index contributed by atoms with van der Waals surface area (Å²) in [7, 11) is 0. The quantitative estimate of drug-likeness (QED) is 0.649. The number of nitrogens with two attached hydrogens (primary N) is 1. The van der Waals surface area contributed by atoms with Crippen LogP contribution in [0.2, 0.25) is 0 Å². The number of hydrogen-bond donors (Lipinski definition) is 1. The SMILES string of the molecule is CC(=O)c1cc(OCc2ccco2)ccc1N. The number of rotatable bonds is 4. The summed E-state index contributed by atoms with van der Waals surface area (Å²) in [6.07, 6.45) is 1.59. The molecule has 2 rings (SSSR count). The molecule has 0 unspecified atom stereocenters. The van der Waals surface area contributed by atoms with Crippen LogP contribution in [0.15, 0.2) is 41.0 Å². The molecule has 0 atom stereocenters. The minimum absolute atomic E-state index is 0.0778. The van der Waals surface area contributed by atoms with E-state index in [4.69, 9.17) is 14.9 Å². The fourth-order valence-corrected chi connectivity index (χ4v) is 1.48. The Balaban J connectivity index is 2.11. The predicted molar refractivity (Wildman–Crippen MR) is 63.9 cm³/mol. The van der Waals surface area contributed by atoms with E-state index in [-0.39, 0.29) is 5.78 Å². The van der Waals surface area contributed by atoms with Gasteiger partial charge in [0.1, 0.15) is 18.1 Å². The first-order valence-electron chi connectivity index (χ1n) is 5.22. The smallest absolute Gasteiger partial charge is 0.162 e. The zero-order valence-electron chi connectivity index (χ0n) is 9.47. The lowest BCUT2D eigenvalue weighted by Crippen LogP contribution is -2.01. The second-order valence-corrected chi connectivity index (χ2v) is 3.67. The molecule has 1 aromatic heterocycles. The summed E-state index contributed by atoms with van der Waals surface area (Å²) in [4.78, 5) is 11.3. The Morgan fingerprint density at radius 2 is 2.24 bits per heavy atom. The molecular formula is C13H13NO3. The van der Waals surface area contributed by atoms with Gasteiger partial charge in [0, 0.05) is 11.3 Å². The summed E-state index contributed by atoms with van der Waals surface area (Å²) in [5.41, 5.74) is 6.62. The third-order valence-electron chi connectivity index (χ3n) is 2.37. The molecule has 0 aliphatic heterocycles. The molecule has 0 amide bonds. The Kier molecular flexibility index (Phi) is 3.14. The first-order valence-corrected chi connectivity index (χ1v) is 5.22. The van der Waals surface area contributed by atoms with Gasteiger partial charge in [0.2, 0.25) is 0 Å². The first-order chi connectivity index (χ1) is 8.16. The number of nitrogen functional groups attached to an aromatic ring is 1. The molecule has 0 spiro atoms. The van der Waals surface area contributed by atoms with Crippen LogP contribution >= 0.6 is 0 Å². The highest BCUT2D eigenvalue weighted by molar-refractivity contribution is 5.99. The van der Waals surface area contributed by atoms with Gasteiger partial charge in [0.25, 0.3) is 0 Å². The van der Waals surface area contributed by atoms with Crippen LogP contribution in [0.1, 0.15) is 23.0 Å². The van der Waals surface area contributed by atoms with E-state index >= 15 is 0 Å². The van der Waals surface area contributed by atoms with Gasteiger partial charge in [-0.05, 0) is 37.3 Å². The summed E-state index contributed by atoms with van der Waals surface area (Å²) < 4.78 is 10.6. The number of hydrogen-bond acceptors (Lipinski definition) is 4. The Hall–Kier alpha value is -2.23. The number of anilines is 1. The second kappa shape index (κ2) is 4.74. The summed E-state index contributed by atoms with van der Waals surface area (Å²) in [5.74, 6) is 1.25. The van der Waals surface area contributed by atoms with Gasteiger partial charge in [-0.25, -0.2) is 0 Å². The number of ether oxygens (including phenoxy) is 1. The van der Waals surface area contributed by atoms with Crippen molar-refractivity contribution in [1.29, 1.82) is 0 Å². The number of carbonyl (C=O) groups is 1. The lowest BCUT2D eigenvalue weighted by atomic mass is 10.1. The van der Waals surface area contributed by atoms with Crippen LogP contribution < -0.4 is 10.5 Å². The molecule has 1 heterocycles. The normalized spacial score (nSPS) is 10.2. The molecule has 0 aliphatic rings. The monoisotopic (exact) mass is 231 g/mol. The highest BCUT2D eigenvalue weighted by Crippen LogP contribution is 2.21. The van der Waals surface area contributed by atoms with Crippen LogP contribution in [-0.2, 0) is 6.61 Å². The van der Waals surface area contributed by atoms with Crippen molar-refractivity contribution < 1.29 is 13.9 Å². The summed E-state index contributed by atoms with van der Waals surface area (Å²) in [6, 6.07) is 8.64. The molecule has 17 heavy (non-hydrogen) atoms. The topological polar surface area (TPSA) is 65.5 Å². The van der Waals surface area contributed by atoms with E-state index in [1.165, 1.54) is 6.92 Å². The maximum absolute atomic E-state index is 11.3. The van der Waals surface area contributed by atoms with E-state index in [9.17, 15) is 4.79 Å². The summed E-state index contributed by atoms with van der Waals surface area (Å²) in [5, 5.41) is 0. The van der Waals surface area contributed by atoms with Gasteiger partial charge in [0.05, 0.1) is 6.26 Å². The molecular weight excluding hydrogens is 218 g/mol. The van der Waals surface area contributed by atoms with Crippen molar-refractivity contribution in [2.24, 2.45) is 0 Å². The molecule has 4 heteroatoms. The van der Waals surface area contributed by atoms with Crippen molar-refractivity contribution in [2.45, 2.75) is 13.5 Å². The van der Waals surface area contributed by atoms with E-state index < -0.39 is 0 Å². The number of Topliss-reactive ketones (excluding diaryl/α,β-unsaturated/α-hetero) is 1. The Labute approximate surface area is 99.0 Å². The van der Waals surface area contributed by atoms with Crippen molar-refractivity contribution in [3.8, 4) is 5.75 Å². The maximum atomic E-state index is 11.3. The van der Waals surface area contributed by atoms with Gasteiger partial charge in [-0.15, -0.1) is 0 Å². The summed E-state index contributed by atoms with van der Waals surface area (Å²) >= 11 is 0. The van der Waals surface area contributed by atoms with Gasteiger partial charge in [-0.2, -0.15) is 0 Å². The number of ketones is 1. The lowest BCUT2D eigenvalue weighted by Gasteiger charge is -2.07. The van der Waals surface area contributed by atoms with Gasteiger partial charge in [-0.1, -0.05) is 0 Å². The van der Waals surface area contributed by atoms with Crippen molar-refractivity contribution >= 4 is 11.5 Å². The van der Waals surface area contributed by atoms with Crippen molar-refractivity contribution in [2.75, 3.05) is 5.73 Å². The number of benzene rings is 1. The second-order valence-electron chi connectivity index (χ2n) is 3.67. The van der Waals surface area contributed by atoms with Crippen molar-refractivity contribution in [1.82, 2.24) is 0 Å². The molecule has 0 aliphatic carbocycles. The predicted octanol–water partition coefficient (Wildman–Crippen LogP) is 2.64. The van der Waals surface area contributed by atoms with Crippen LogP contribution in [-0.4, -0.2) is 5.78 Å². The molecule has 4 nitrogen and oxygen atoms in total. The summed E-state index contributed by atoms with van der Waals surface area (Å²) in [6.45, 7) is 1.80. The van der Waals surface area contributed by atoms with Gasteiger partial charge in [0.15, 0.2) is 5.78 Å². The minimum Gasteiger partial charge on any atom is -0.486 e. The van der Waals surface area contributed by atoms with Crippen LogP contribution in [0.25, 0.3) is 0 Å². The molecule has 2 N–H and O–H groups in total. The third-order valence-corrected chi connectivity index (χ3v) is 2.37. The van der Waals surface area contributed by atoms with E-state index in [1.54, 1.807) is 30.5 Å². The standard InChI is InChI=1S/C13H13NO3/c1-9(15)12-7-10(4-5-13(12)14)17-8-11-3-2-6-16-11/h2-7H,8,14H2,1H3. The molecule has 1 aromatic carbocycles. The average Bonchev–Trinajstić information content (AvgIpc) is 2.80. The molecule has 0 radical (unpaired) electrons. The van der Waals surface area contributed by atoms with E-state index in [1.807, 2.05) is 6.07 Å². The highest BCUT2D eigenvalue weighted by Gasteiger charge is 2.07. The maximum Gasteiger partial charge on any atom is 0.162 e. The molecule has 0 saturated carbocycles. The van der Waals surface area contributed by atoms with Gasteiger partial charge in [-0.3, -0.25) is 4.79 Å². The minimum atomic E-state index is -0.0778. The zero-order chi connectivity index (χ0) is 12.3. The van der Waals surface area contributed by atoms with Crippen LogP contribution in [0.3, 0.4) is 0 Å². The van der Waals surface area contributed by atoms with E-state index in [2.05, 4.69) is 0 Å². The highest BCUT2D eigenvalue weighted by atomic mass is 16.5. The van der Waals surface area contributed by atoms with E-state index in [0.29, 0.717) is 23.6 Å². The fourth-order valence-electron chi connectivity index (χ4n) is 1.48. The zero-order valence-corrected chi connectivity index (χ0v) is 9.47. The van der Waals surface area contributed by atoms with Crippen LogP contribution in [0, 0.1) is 0 Å². The van der Waals surface area contributed by atoms with Crippen LogP contribution in [0.4, 0.5) is 5.69 Å².